The van der Waals surface area contributed by atoms with Gasteiger partial charge in [0.25, 0.3) is 0 Å². The van der Waals surface area contributed by atoms with E-state index in [1.54, 1.807) is 0 Å². The minimum atomic E-state index is -0.572. The fourth-order valence-electron chi connectivity index (χ4n) is 10.9. The van der Waals surface area contributed by atoms with E-state index in [0.29, 0.717) is 0 Å². The number of hydrogen-bond donors (Lipinski definition) is 0. The molecule has 0 bridgehead atoms. The molecule has 0 amide bonds. The summed E-state index contributed by atoms with van der Waals surface area (Å²) in [6.07, 6.45) is 0. The summed E-state index contributed by atoms with van der Waals surface area (Å²) < 4.78 is 0. The molecular formula is C67H47N. The van der Waals surface area contributed by atoms with Crippen LogP contribution in [0.15, 0.2) is 285 Å². The van der Waals surface area contributed by atoms with Crippen LogP contribution in [0.2, 0.25) is 0 Å². The third kappa shape index (κ3) is 6.87. The van der Waals surface area contributed by atoms with Gasteiger partial charge in [0.15, 0.2) is 0 Å². The lowest BCUT2D eigenvalue weighted by Gasteiger charge is -2.35. The van der Waals surface area contributed by atoms with Crippen LogP contribution in [0.3, 0.4) is 0 Å². The van der Waals surface area contributed by atoms with Crippen LogP contribution in [0.1, 0.15) is 22.3 Å². The molecule has 68 heavy (non-hydrogen) atoms. The molecule has 0 unspecified atom stereocenters. The van der Waals surface area contributed by atoms with Gasteiger partial charge in [0.05, 0.1) is 22.5 Å². The molecule has 0 N–H and O–H groups in total. The molecule has 1 aliphatic rings. The second kappa shape index (κ2) is 17.5. The van der Waals surface area contributed by atoms with Crippen molar-refractivity contribution in [3.8, 4) is 66.8 Å². The molecule has 0 saturated heterocycles. The van der Waals surface area contributed by atoms with Crippen molar-refractivity contribution in [3.63, 3.8) is 0 Å². The first-order valence-electron chi connectivity index (χ1n) is 23.5. The summed E-state index contributed by atoms with van der Waals surface area (Å²) in [6.45, 7) is 0. The minimum Gasteiger partial charge on any atom is -0.309 e. The molecule has 1 aliphatic carbocycles. The van der Waals surface area contributed by atoms with Gasteiger partial charge in [0, 0.05) is 16.7 Å². The van der Waals surface area contributed by atoms with E-state index in [-0.39, 0.29) is 0 Å². The predicted octanol–water partition coefficient (Wildman–Crippen LogP) is 17.9. The highest BCUT2D eigenvalue weighted by atomic mass is 15.2. The molecule has 0 spiro atoms. The summed E-state index contributed by atoms with van der Waals surface area (Å²) >= 11 is 0. The second-order valence-corrected chi connectivity index (χ2v) is 17.5. The molecular weight excluding hydrogens is 819 g/mol. The lowest BCUT2D eigenvalue weighted by Crippen LogP contribution is -2.28. The zero-order valence-corrected chi connectivity index (χ0v) is 37.6. The number of nitrogens with zero attached hydrogens (tertiary/aromatic N) is 1. The van der Waals surface area contributed by atoms with Crippen molar-refractivity contribution in [3.05, 3.63) is 307 Å². The quantitative estimate of drug-likeness (QED) is 0.132. The maximum Gasteiger partial charge on any atom is 0.0714 e. The Kier molecular flexibility index (Phi) is 10.5. The summed E-state index contributed by atoms with van der Waals surface area (Å²) in [4.78, 5) is 2.58. The number of rotatable bonds is 10. The van der Waals surface area contributed by atoms with Crippen molar-refractivity contribution in [1.82, 2.24) is 0 Å². The SMILES string of the molecule is c1ccc(-c2ccc(-c3ccccc3N(c3cccc(-c4ccccc4)c3-c3ccccc3-c3ccccc3)c3cccc4c3-c3ccccc3C4(c3ccccc3)c3ccccc3)cc2)cc1. The zero-order chi connectivity index (χ0) is 45.3. The Hall–Kier alpha value is -8.78. The third-order valence-corrected chi connectivity index (χ3v) is 13.8. The van der Waals surface area contributed by atoms with Crippen LogP contribution in [0.25, 0.3) is 66.8 Å². The molecule has 11 aromatic carbocycles. The number of fused-ring (bicyclic) bond motifs is 3. The Bertz CT molecular complexity index is 3490. The average molecular weight is 866 g/mol. The summed E-state index contributed by atoms with van der Waals surface area (Å²) in [5, 5.41) is 0. The van der Waals surface area contributed by atoms with Gasteiger partial charge in [-0.1, -0.05) is 267 Å². The molecule has 0 aromatic heterocycles. The maximum atomic E-state index is 2.58. The molecule has 0 radical (unpaired) electrons. The van der Waals surface area contributed by atoms with E-state index in [1.807, 2.05) is 0 Å². The van der Waals surface area contributed by atoms with Gasteiger partial charge >= 0.3 is 0 Å². The van der Waals surface area contributed by atoms with Gasteiger partial charge in [-0.2, -0.15) is 0 Å². The molecule has 0 fully saturated rings. The summed E-state index contributed by atoms with van der Waals surface area (Å²) in [7, 11) is 0. The van der Waals surface area contributed by atoms with Gasteiger partial charge in [0.2, 0.25) is 0 Å². The fraction of sp³-hybridized carbons (Fsp3) is 0.0149. The number of benzene rings is 11. The van der Waals surface area contributed by atoms with Crippen LogP contribution in [0.4, 0.5) is 17.1 Å². The van der Waals surface area contributed by atoms with Crippen molar-refractivity contribution in [1.29, 1.82) is 0 Å². The van der Waals surface area contributed by atoms with Gasteiger partial charge < -0.3 is 4.90 Å². The van der Waals surface area contributed by atoms with Gasteiger partial charge in [-0.3, -0.25) is 0 Å². The van der Waals surface area contributed by atoms with E-state index >= 15 is 0 Å². The van der Waals surface area contributed by atoms with E-state index < -0.39 is 5.41 Å². The Morgan fingerprint density at radius 2 is 0.574 bits per heavy atom. The highest BCUT2D eigenvalue weighted by molar-refractivity contribution is 6.06. The zero-order valence-electron chi connectivity index (χ0n) is 37.6. The molecule has 0 heterocycles. The van der Waals surface area contributed by atoms with E-state index in [1.165, 1.54) is 61.2 Å². The Labute approximate surface area is 399 Å². The first-order chi connectivity index (χ1) is 33.8. The lowest BCUT2D eigenvalue weighted by molar-refractivity contribution is 0.768. The van der Waals surface area contributed by atoms with Crippen molar-refractivity contribution in [2.45, 2.75) is 5.41 Å². The van der Waals surface area contributed by atoms with Crippen molar-refractivity contribution in [2.75, 3.05) is 4.90 Å². The van der Waals surface area contributed by atoms with Crippen molar-refractivity contribution < 1.29 is 0 Å². The van der Waals surface area contributed by atoms with Crippen LogP contribution >= 0.6 is 0 Å². The largest absolute Gasteiger partial charge is 0.309 e. The van der Waals surface area contributed by atoms with Crippen LogP contribution in [0, 0.1) is 0 Å². The number of hydrogen-bond acceptors (Lipinski definition) is 1. The Morgan fingerprint density at radius 1 is 0.206 bits per heavy atom. The highest BCUT2D eigenvalue weighted by Crippen LogP contribution is 2.61. The molecule has 12 rings (SSSR count). The normalized spacial score (nSPS) is 12.2. The van der Waals surface area contributed by atoms with Crippen molar-refractivity contribution in [2.24, 2.45) is 0 Å². The van der Waals surface area contributed by atoms with Crippen LogP contribution in [-0.4, -0.2) is 0 Å². The standard InChI is InChI=1S/C67H47N/c1-6-24-48(25-7-1)49-44-46-52(47-45-49)56-35-19-21-41-62(56)68(63-42-22-38-57(51-28-10-3-11-29-51)65(63)58-36-17-16-34-55(58)50-26-8-2-9-27-50)64-43-23-40-61-66(64)59-37-18-20-39-60(59)67(61,53-30-12-4-13-31-53)54-32-14-5-15-33-54/h1-47H. The highest BCUT2D eigenvalue weighted by Gasteiger charge is 2.47. The van der Waals surface area contributed by atoms with Crippen molar-refractivity contribution >= 4 is 17.1 Å². The van der Waals surface area contributed by atoms with Crippen LogP contribution in [-0.2, 0) is 5.41 Å². The predicted molar refractivity (Wildman–Crippen MR) is 286 cm³/mol. The first-order valence-corrected chi connectivity index (χ1v) is 23.5. The van der Waals surface area contributed by atoms with E-state index in [9.17, 15) is 0 Å². The molecule has 320 valence electrons. The average Bonchev–Trinajstić information content (AvgIpc) is 3.74. The van der Waals surface area contributed by atoms with Gasteiger partial charge in [-0.25, -0.2) is 0 Å². The summed E-state index contributed by atoms with van der Waals surface area (Å²) in [5.41, 5.74) is 21.9. The monoisotopic (exact) mass is 865 g/mol. The van der Waals surface area contributed by atoms with E-state index in [2.05, 4.69) is 290 Å². The first kappa shape index (κ1) is 40.7. The second-order valence-electron chi connectivity index (χ2n) is 17.5. The molecule has 0 atom stereocenters. The Morgan fingerprint density at radius 3 is 1.19 bits per heavy atom. The molecule has 11 aromatic rings. The van der Waals surface area contributed by atoms with E-state index in [0.717, 1.165) is 44.9 Å². The number of para-hydroxylation sites is 1. The van der Waals surface area contributed by atoms with Crippen LogP contribution in [0.5, 0.6) is 0 Å². The molecule has 0 aliphatic heterocycles. The Balaban J connectivity index is 1.20. The fourth-order valence-corrected chi connectivity index (χ4v) is 10.9. The third-order valence-electron chi connectivity index (χ3n) is 13.8. The summed E-state index contributed by atoms with van der Waals surface area (Å²) in [5.74, 6) is 0. The summed E-state index contributed by atoms with van der Waals surface area (Å²) in [6, 6.07) is 104. The number of anilines is 3. The molecule has 0 saturated carbocycles. The van der Waals surface area contributed by atoms with Gasteiger partial charge in [-0.05, 0) is 90.5 Å². The van der Waals surface area contributed by atoms with E-state index in [4.69, 9.17) is 0 Å². The molecule has 1 nitrogen and oxygen atoms in total. The lowest BCUT2D eigenvalue weighted by atomic mass is 9.68. The topological polar surface area (TPSA) is 3.24 Å². The van der Waals surface area contributed by atoms with Gasteiger partial charge in [0.1, 0.15) is 0 Å². The molecule has 1 heteroatoms. The minimum absolute atomic E-state index is 0.572. The maximum absolute atomic E-state index is 2.58. The van der Waals surface area contributed by atoms with Crippen LogP contribution < -0.4 is 4.90 Å². The van der Waals surface area contributed by atoms with Gasteiger partial charge in [-0.15, -0.1) is 0 Å². The smallest absolute Gasteiger partial charge is 0.0714 e.